The van der Waals surface area contributed by atoms with Crippen molar-refractivity contribution in [1.29, 1.82) is 0 Å². The maximum atomic E-state index is 13.0. The van der Waals surface area contributed by atoms with Gasteiger partial charge in [-0.15, -0.1) is 0 Å². The van der Waals surface area contributed by atoms with Gasteiger partial charge in [-0.1, -0.05) is 11.6 Å². The molecule has 0 spiro atoms. The zero-order valence-corrected chi connectivity index (χ0v) is 15.5. The molecule has 1 unspecified atom stereocenters. The topological polar surface area (TPSA) is 53.0 Å². The van der Waals surface area contributed by atoms with Gasteiger partial charge in [0, 0.05) is 30.8 Å². The Labute approximate surface area is 154 Å². The molecule has 6 heteroatoms. The number of nitrogens with zero attached hydrogens (tertiary/aromatic N) is 2. The van der Waals surface area contributed by atoms with Crippen molar-refractivity contribution in [2.45, 2.75) is 31.7 Å². The van der Waals surface area contributed by atoms with E-state index < -0.39 is 0 Å². The Kier molecular flexibility index (Phi) is 6.20. The molecule has 3 rings (SSSR count). The molecule has 1 N–H and O–H groups in total. The summed E-state index contributed by atoms with van der Waals surface area (Å²) in [7, 11) is 1.56. The highest BCUT2D eigenvalue weighted by Gasteiger charge is 2.31. The van der Waals surface area contributed by atoms with Crippen LogP contribution in [0.1, 0.15) is 36.0 Å². The molecule has 2 fully saturated rings. The van der Waals surface area contributed by atoms with Gasteiger partial charge in [-0.25, -0.2) is 0 Å². The van der Waals surface area contributed by atoms with Crippen molar-refractivity contribution >= 4 is 17.5 Å². The Balaban J connectivity index is 1.66. The van der Waals surface area contributed by atoms with Gasteiger partial charge < -0.3 is 14.7 Å². The summed E-state index contributed by atoms with van der Waals surface area (Å²) in [5, 5.41) is 9.87. The fraction of sp³-hybridized carbons (Fsp3) is 0.632. The number of hydrogen-bond acceptors (Lipinski definition) is 4. The van der Waals surface area contributed by atoms with Crippen LogP contribution in [0.15, 0.2) is 18.2 Å². The number of hydrogen-bond donors (Lipinski definition) is 1. The van der Waals surface area contributed by atoms with Crippen LogP contribution in [0.5, 0.6) is 5.75 Å². The Morgan fingerprint density at radius 3 is 2.72 bits per heavy atom. The Hall–Kier alpha value is -1.30. The molecule has 0 aliphatic carbocycles. The van der Waals surface area contributed by atoms with Crippen LogP contribution >= 0.6 is 11.6 Å². The molecular weight excluding hydrogens is 340 g/mol. The standard InChI is InChI=1S/C19H27ClN2O3/c1-25-18-11-15(20)4-5-17(18)19(24)22-8-2-3-16(12-22)21-9-6-14(13-23)7-10-21/h4-5,11,14,16,23H,2-3,6-10,12-13H2,1H3. The van der Waals surface area contributed by atoms with Crippen LogP contribution < -0.4 is 4.74 Å². The summed E-state index contributed by atoms with van der Waals surface area (Å²) >= 11 is 6.01. The normalized spacial score (nSPS) is 22.8. The number of aliphatic hydroxyl groups is 1. The molecule has 0 bridgehead atoms. The van der Waals surface area contributed by atoms with E-state index in [1.165, 1.54) is 0 Å². The summed E-state index contributed by atoms with van der Waals surface area (Å²) in [4.78, 5) is 17.4. The summed E-state index contributed by atoms with van der Waals surface area (Å²) in [6, 6.07) is 5.59. The maximum Gasteiger partial charge on any atom is 0.257 e. The zero-order chi connectivity index (χ0) is 17.8. The van der Waals surface area contributed by atoms with Crippen LogP contribution in [0.4, 0.5) is 0 Å². The largest absolute Gasteiger partial charge is 0.496 e. The lowest BCUT2D eigenvalue weighted by Gasteiger charge is -2.42. The van der Waals surface area contributed by atoms with Crippen molar-refractivity contribution in [2.75, 3.05) is 39.9 Å². The maximum absolute atomic E-state index is 13.0. The quantitative estimate of drug-likeness (QED) is 0.890. The predicted molar refractivity (Wildman–Crippen MR) is 98.3 cm³/mol. The number of likely N-dealkylation sites (tertiary alicyclic amines) is 2. The molecule has 1 atom stereocenters. The van der Waals surface area contributed by atoms with Gasteiger partial charge in [0.2, 0.25) is 0 Å². The highest BCUT2D eigenvalue weighted by atomic mass is 35.5. The fourth-order valence-corrected chi connectivity index (χ4v) is 4.11. The Bertz CT molecular complexity index is 602. The van der Waals surface area contributed by atoms with Gasteiger partial charge in [0.15, 0.2) is 0 Å². The third-order valence-corrected chi connectivity index (χ3v) is 5.74. The number of aliphatic hydroxyl groups excluding tert-OH is 1. The highest BCUT2D eigenvalue weighted by Crippen LogP contribution is 2.27. The van der Waals surface area contributed by atoms with Crippen molar-refractivity contribution in [3.8, 4) is 5.75 Å². The first kappa shape index (κ1) is 18.5. The molecule has 0 aromatic heterocycles. The van der Waals surface area contributed by atoms with E-state index in [9.17, 15) is 9.90 Å². The van der Waals surface area contributed by atoms with Crippen molar-refractivity contribution < 1.29 is 14.6 Å². The number of amides is 1. The van der Waals surface area contributed by atoms with Crippen LogP contribution in [0.25, 0.3) is 0 Å². The third-order valence-electron chi connectivity index (χ3n) is 5.50. The number of carbonyl (C=O) groups is 1. The van der Waals surface area contributed by atoms with Crippen molar-refractivity contribution in [2.24, 2.45) is 5.92 Å². The first-order valence-corrected chi connectivity index (χ1v) is 9.48. The summed E-state index contributed by atoms with van der Waals surface area (Å²) < 4.78 is 5.34. The van der Waals surface area contributed by atoms with Crippen LogP contribution in [-0.2, 0) is 0 Å². The second kappa shape index (κ2) is 8.39. The second-order valence-corrected chi connectivity index (χ2v) is 7.49. The molecule has 2 heterocycles. The van der Waals surface area contributed by atoms with Crippen molar-refractivity contribution in [3.63, 3.8) is 0 Å². The first-order chi connectivity index (χ1) is 12.1. The van der Waals surface area contributed by atoms with Gasteiger partial charge in [0.1, 0.15) is 5.75 Å². The van der Waals surface area contributed by atoms with Crippen molar-refractivity contribution in [3.05, 3.63) is 28.8 Å². The van der Waals surface area contributed by atoms with Gasteiger partial charge in [-0.3, -0.25) is 9.69 Å². The molecule has 1 aromatic carbocycles. The lowest BCUT2D eigenvalue weighted by atomic mass is 9.94. The third kappa shape index (κ3) is 4.27. The van der Waals surface area contributed by atoms with E-state index >= 15 is 0 Å². The Morgan fingerprint density at radius 2 is 2.04 bits per heavy atom. The highest BCUT2D eigenvalue weighted by molar-refractivity contribution is 6.30. The van der Waals surface area contributed by atoms with Crippen LogP contribution in [0, 0.1) is 5.92 Å². The zero-order valence-electron chi connectivity index (χ0n) is 14.8. The van der Waals surface area contributed by atoms with Gasteiger partial charge in [0.05, 0.1) is 12.7 Å². The van der Waals surface area contributed by atoms with E-state index in [1.54, 1.807) is 25.3 Å². The molecule has 2 aliphatic rings. The number of methoxy groups -OCH3 is 1. The summed E-state index contributed by atoms with van der Waals surface area (Å²) in [6.45, 7) is 3.87. The minimum Gasteiger partial charge on any atom is -0.496 e. The molecule has 138 valence electrons. The van der Waals surface area contributed by atoms with Gasteiger partial charge in [0.25, 0.3) is 5.91 Å². The van der Waals surface area contributed by atoms with Crippen molar-refractivity contribution in [1.82, 2.24) is 9.80 Å². The molecule has 25 heavy (non-hydrogen) atoms. The summed E-state index contributed by atoms with van der Waals surface area (Å²) in [5.41, 5.74) is 0.575. The minimum atomic E-state index is 0.0171. The molecule has 5 nitrogen and oxygen atoms in total. The van der Waals surface area contributed by atoms with Gasteiger partial charge >= 0.3 is 0 Å². The first-order valence-electron chi connectivity index (χ1n) is 9.10. The lowest BCUT2D eigenvalue weighted by molar-refractivity contribution is 0.0444. The molecular formula is C19H27ClN2O3. The molecule has 0 radical (unpaired) electrons. The Morgan fingerprint density at radius 1 is 1.28 bits per heavy atom. The molecule has 1 amide bonds. The van der Waals surface area contributed by atoms with E-state index in [4.69, 9.17) is 16.3 Å². The number of benzene rings is 1. The number of halogens is 1. The van der Waals surface area contributed by atoms with E-state index in [0.29, 0.717) is 34.9 Å². The lowest BCUT2D eigenvalue weighted by Crippen LogP contribution is -2.52. The SMILES string of the molecule is COc1cc(Cl)ccc1C(=O)N1CCCC(N2CCC(CO)CC2)C1. The smallest absolute Gasteiger partial charge is 0.257 e. The van der Waals surface area contributed by atoms with E-state index in [2.05, 4.69) is 4.90 Å². The van der Waals surface area contributed by atoms with Crippen LogP contribution in [0.2, 0.25) is 5.02 Å². The average Bonchev–Trinajstić information content (AvgIpc) is 2.67. The number of piperidine rings is 2. The molecule has 1 aromatic rings. The number of ether oxygens (including phenoxy) is 1. The van der Waals surface area contributed by atoms with E-state index in [0.717, 1.165) is 51.9 Å². The number of rotatable bonds is 4. The van der Waals surface area contributed by atoms with E-state index in [-0.39, 0.29) is 5.91 Å². The van der Waals surface area contributed by atoms with Gasteiger partial charge in [-0.2, -0.15) is 0 Å². The van der Waals surface area contributed by atoms with Gasteiger partial charge in [-0.05, 0) is 62.9 Å². The van der Waals surface area contributed by atoms with E-state index in [1.807, 2.05) is 4.90 Å². The second-order valence-electron chi connectivity index (χ2n) is 7.05. The number of carbonyl (C=O) groups excluding carboxylic acids is 1. The average molecular weight is 367 g/mol. The molecule has 2 aliphatic heterocycles. The minimum absolute atomic E-state index is 0.0171. The summed E-state index contributed by atoms with van der Waals surface area (Å²) in [6.07, 6.45) is 4.25. The monoisotopic (exact) mass is 366 g/mol. The predicted octanol–water partition coefficient (Wildman–Crippen LogP) is 2.66. The molecule has 0 saturated carbocycles. The van der Waals surface area contributed by atoms with Crippen LogP contribution in [0.3, 0.4) is 0 Å². The van der Waals surface area contributed by atoms with Crippen LogP contribution in [-0.4, -0.2) is 66.8 Å². The summed E-state index contributed by atoms with van der Waals surface area (Å²) in [5.74, 6) is 0.989. The molecule has 2 saturated heterocycles. The fourth-order valence-electron chi connectivity index (χ4n) is 3.95.